The van der Waals surface area contributed by atoms with E-state index in [0.717, 1.165) is 11.6 Å². The molecule has 1 fully saturated rings. The Kier molecular flexibility index (Phi) is 7.20. The Morgan fingerprint density at radius 2 is 1.90 bits per heavy atom. The van der Waals surface area contributed by atoms with Gasteiger partial charge in [-0.3, -0.25) is 10.1 Å². The second kappa shape index (κ2) is 9.85. The number of guanidine groups is 1. The fourth-order valence-corrected chi connectivity index (χ4v) is 3.18. The minimum atomic E-state index is -0.647. The molecular weight excluding hydrogens is 441 g/mol. The number of rotatable bonds is 6. The first-order chi connectivity index (χ1) is 14.8. The van der Waals surface area contributed by atoms with Gasteiger partial charge < -0.3 is 14.4 Å². The summed E-state index contributed by atoms with van der Waals surface area (Å²) < 4.78 is 10.3. The van der Waals surface area contributed by atoms with E-state index in [2.05, 4.69) is 15.0 Å². The van der Waals surface area contributed by atoms with E-state index in [1.807, 2.05) is 26.0 Å². The average molecular weight is 462 g/mol. The SMILES string of the molecule is COC(=O)C=C1C(=O)NC(=Nc2ccc(OC(C)C)c(Cl)c2)N1Cc1ccc(Cl)cc1. The van der Waals surface area contributed by atoms with E-state index in [9.17, 15) is 9.59 Å². The van der Waals surface area contributed by atoms with Crippen molar-refractivity contribution in [1.82, 2.24) is 10.2 Å². The Hall–Kier alpha value is -3.03. The molecule has 7 nitrogen and oxygen atoms in total. The van der Waals surface area contributed by atoms with Crippen LogP contribution in [-0.2, 0) is 20.9 Å². The van der Waals surface area contributed by atoms with E-state index in [1.165, 1.54) is 7.11 Å². The molecule has 1 N–H and O–H groups in total. The number of benzene rings is 2. The molecule has 0 radical (unpaired) electrons. The minimum Gasteiger partial charge on any atom is -0.489 e. The molecule has 2 aromatic rings. The maximum atomic E-state index is 12.5. The molecule has 0 aliphatic carbocycles. The Labute approximate surface area is 190 Å². The summed E-state index contributed by atoms with van der Waals surface area (Å²) >= 11 is 12.3. The Morgan fingerprint density at radius 1 is 1.19 bits per heavy atom. The van der Waals surface area contributed by atoms with Crippen molar-refractivity contribution in [1.29, 1.82) is 0 Å². The zero-order valence-electron chi connectivity index (χ0n) is 17.2. The third-order valence-electron chi connectivity index (χ3n) is 4.23. The minimum absolute atomic E-state index is 0.0235. The van der Waals surface area contributed by atoms with Gasteiger partial charge in [-0.1, -0.05) is 35.3 Å². The molecule has 1 aliphatic heterocycles. The molecule has 1 amide bonds. The van der Waals surface area contributed by atoms with E-state index in [4.69, 9.17) is 27.9 Å². The Balaban J connectivity index is 1.97. The second-order valence-electron chi connectivity index (χ2n) is 6.94. The van der Waals surface area contributed by atoms with Crippen molar-refractivity contribution >= 4 is 46.7 Å². The van der Waals surface area contributed by atoms with Gasteiger partial charge >= 0.3 is 5.97 Å². The molecule has 31 heavy (non-hydrogen) atoms. The smallest absolute Gasteiger partial charge is 0.332 e. The molecule has 1 heterocycles. The third-order valence-corrected chi connectivity index (χ3v) is 4.77. The van der Waals surface area contributed by atoms with Crippen LogP contribution in [0.5, 0.6) is 5.75 Å². The number of nitrogens with one attached hydrogen (secondary N) is 1. The number of esters is 1. The summed E-state index contributed by atoms with van der Waals surface area (Å²) in [4.78, 5) is 30.5. The summed E-state index contributed by atoms with van der Waals surface area (Å²) in [7, 11) is 1.24. The zero-order chi connectivity index (χ0) is 22.5. The van der Waals surface area contributed by atoms with Crippen LogP contribution in [0.2, 0.25) is 10.0 Å². The highest BCUT2D eigenvalue weighted by Crippen LogP contribution is 2.30. The van der Waals surface area contributed by atoms with E-state index >= 15 is 0 Å². The quantitative estimate of drug-likeness (QED) is 0.507. The highest BCUT2D eigenvalue weighted by atomic mass is 35.5. The van der Waals surface area contributed by atoms with Crippen LogP contribution in [0, 0.1) is 0 Å². The lowest BCUT2D eigenvalue weighted by atomic mass is 10.2. The van der Waals surface area contributed by atoms with Crippen LogP contribution in [0.1, 0.15) is 19.4 Å². The number of methoxy groups -OCH3 is 1. The summed E-state index contributed by atoms with van der Waals surface area (Å²) in [6.07, 6.45) is 1.10. The second-order valence-corrected chi connectivity index (χ2v) is 7.78. The lowest BCUT2D eigenvalue weighted by Crippen LogP contribution is -2.29. The standard InChI is InChI=1S/C22H21Cl2N3O4/c1-13(2)31-19-9-8-16(10-17(19)24)25-22-26-21(29)18(11-20(28)30-3)27(22)12-14-4-6-15(23)7-5-14/h4-11,13H,12H2,1-3H3,(H,25,26,29). The Morgan fingerprint density at radius 3 is 2.52 bits per heavy atom. The number of carbonyl (C=O) groups is 2. The van der Waals surface area contributed by atoms with Crippen molar-refractivity contribution in [3.8, 4) is 5.75 Å². The van der Waals surface area contributed by atoms with Gasteiger partial charge in [0.2, 0.25) is 5.96 Å². The molecule has 9 heteroatoms. The number of halogens is 2. The number of amides is 1. The molecular formula is C22H21Cl2N3O4. The predicted octanol–water partition coefficient (Wildman–Crippen LogP) is 4.46. The normalized spacial score (nSPS) is 16.2. The summed E-state index contributed by atoms with van der Waals surface area (Å²) in [5, 5.41) is 3.68. The van der Waals surface area contributed by atoms with Crippen molar-refractivity contribution in [2.45, 2.75) is 26.5 Å². The molecule has 0 spiro atoms. The Bertz CT molecular complexity index is 1050. The van der Waals surface area contributed by atoms with Gasteiger partial charge in [0.05, 0.1) is 36.5 Å². The van der Waals surface area contributed by atoms with Gasteiger partial charge in [-0.25, -0.2) is 9.79 Å². The van der Waals surface area contributed by atoms with Crippen LogP contribution < -0.4 is 10.1 Å². The molecule has 0 saturated carbocycles. The van der Waals surface area contributed by atoms with Crippen LogP contribution in [0.4, 0.5) is 5.69 Å². The van der Waals surface area contributed by atoms with Gasteiger partial charge in [0.15, 0.2) is 0 Å². The monoisotopic (exact) mass is 461 g/mol. The zero-order valence-corrected chi connectivity index (χ0v) is 18.7. The molecule has 3 rings (SSSR count). The molecule has 162 valence electrons. The summed E-state index contributed by atoms with van der Waals surface area (Å²) in [5.41, 5.74) is 1.49. The van der Waals surface area contributed by atoms with Crippen molar-refractivity contribution in [2.24, 2.45) is 4.99 Å². The third kappa shape index (κ3) is 5.77. The largest absolute Gasteiger partial charge is 0.489 e. The first kappa shape index (κ1) is 22.7. The number of hydrogen-bond donors (Lipinski definition) is 1. The molecule has 2 aromatic carbocycles. The van der Waals surface area contributed by atoms with E-state index in [-0.39, 0.29) is 24.3 Å². The molecule has 0 bridgehead atoms. The van der Waals surface area contributed by atoms with E-state index < -0.39 is 11.9 Å². The number of hydrogen-bond acceptors (Lipinski definition) is 5. The number of nitrogens with zero attached hydrogens (tertiary/aromatic N) is 2. The summed E-state index contributed by atoms with van der Waals surface area (Å²) in [5.74, 6) is -0.321. The van der Waals surface area contributed by atoms with E-state index in [0.29, 0.717) is 21.5 Å². The van der Waals surface area contributed by atoms with Gasteiger partial charge in [-0.2, -0.15) is 0 Å². The fourth-order valence-electron chi connectivity index (χ4n) is 2.84. The highest BCUT2D eigenvalue weighted by molar-refractivity contribution is 6.32. The first-order valence-corrected chi connectivity index (χ1v) is 10.2. The van der Waals surface area contributed by atoms with Crippen LogP contribution >= 0.6 is 23.2 Å². The van der Waals surface area contributed by atoms with Gasteiger partial charge in [0.25, 0.3) is 5.91 Å². The lowest BCUT2D eigenvalue weighted by Gasteiger charge is -2.18. The topological polar surface area (TPSA) is 80.2 Å². The molecule has 0 atom stereocenters. The van der Waals surface area contributed by atoms with Crippen LogP contribution in [0.3, 0.4) is 0 Å². The first-order valence-electron chi connectivity index (χ1n) is 9.44. The lowest BCUT2D eigenvalue weighted by molar-refractivity contribution is -0.135. The maximum Gasteiger partial charge on any atom is 0.332 e. The van der Waals surface area contributed by atoms with Crippen LogP contribution in [-0.4, -0.2) is 35.9 Å². The number of carbonyl (C=O) groups excluding carboxylic acids is 2. The number of aliphatic imine (C=N–C) groups is 1. The van der Waals surface area contributed by atoms with E-state index in [1.54, 1.807) is 35.2 Å². The highest BCUT2D eigenvalue weighted by Gasteiger charge is 2.32. The van der Waals surface area contributed by atoms with Gasteiger partial charge in [0, 0.05) is 5.02 Å². The van der Waals surface area contributed by atoms with Crippen molar-refractivity contribution in [2.75, 3.05) is 7.11 Å². The fraction of sp³-hybridized carbons (Fsp3) is 0.227. The van der Waals surface area contributed by atoms with Crippen molar-refractivity contribution < 1.29 is 19.1 Å². The van der Waals surface area contributed by atoms with Crippen LogP contribution in [0.15, 0.2) is 59.2 Å². The molecule has 1 aliphatic rings. The molecule has 1 saturated heterocycles. The van der Waals surface area contributed by atoms with Crippen LogP contribution in [0.25, 0.3) is 0 Å². The number of ether oxygens (including phenoxy) is 2. The van der Waals surface area contributed by atoms with Gasteiger partial charge in [0.1, 0.15) is 11.4 Å². The summed E-state index contributed by atoms with van der Waals surface area (Å²) in [6, 6.07) is 12.2. The maximum absolute atomic E-state index is 12.5. The summed E-state index contributed by atoms with van der Waals surface area (Å²) in [6.45, 7) is 4.09. The van der Waals surface area contributed by atoms with Crippen molar-refractivity contribution in [3.05, 3.63) is 69.8 Å². The van der Waals surface area contributed by atoms with Gasteiger partial charge in [-0.05, 0) is 49.7 Å². The molecule has 0 aromatic heterocycles. The van der Waals surface area contributed by atoms with Gasteiger partial charge in [-0.15, -0.1) is 0 Å². The molecule has 0 unspecified atom stereocenters. The predicted molar refractivity (Wildman–Crippen MR) is 120 cm³/mol. The van der Waals surface area contributed by atoms with Crippen molar-refractivity contribution in [3.63, 3.8) is 0 Å². The average Bonchev–Trinajstić information content (AvgIpc) is 2.99.